The molecular formula is C27H27N3O4S. The summed E-state index contributed by atoms with van der Waals surface area (Å²) in [6.45, 7) is 7.09. The fraction of sp³-hybridized carbons (Fsp3) is 0.222. The van der Waals surface area contributed by atoms with Gasteiger partial charge in [0.2, 0.25) is 21.2 Å². The Morgan fingerprint density at radius 2 is 1.69 bits per heavy atom. The number of aryl methyl sites for hydroxylation is 4. The number of fused-ring (bicyclic) bond motifs is 1. The number of nitrogens with zero attached hydrogens (tertiary/aromatic N) is 2. The molecule has 0 radical (unpaired) electrons. The van der Waals surface area contributed by atoms with Crippen molar-refractivity contribution in [2.75, 3.05) is 5.32 Å². The minimum absolute atomic E-state index is 0.0704. The Morgan fingerprint density at radius 3 is 2.37 bits per heavy atom. The van der Waals surface area contributed by atoms with Crippen molar-refractivity contribution >= 4 is 32.5 Å². The number of hydrogen-bond acceptors (Lipinski definition) is 5. The predicted octanol–water partition coefficient (Wildman–Crippen LogP) is 4.36. The maximum Gasteiger partial charge on any atom is 0.244 e. The van der Waals surface area contributed by atoms with E-state index in [0.717, 1.165) is 17.5 Å². The first-order valence-electron chi connectivity index (χ1n) is 11.3. The Hall–Kier alpha value is -3.78. The maximum atomic E-state index is 13.6. The fourth-order valence-electron chi connectivity index (χ4n) is 3.94. The molecule has 1 N–H and O–H groups in total. The van der Waals surface area contributed by atoms with Gasteiger partial charge in [-0.15, -0.1) is 0 Å². The van der Waals surface area contributed by atoms with Crippen LogP contribution >= 0.6 is 0 Å². The molecule has 0 saturated carbocycles. The van der Waals surface area contributed by atoms with Gasteiger partial charge in [0, 0.05) is 17.6 Å². The number of aromatic nitrogens is 2. The van der Waals surface area contributed by atoms with Crippen molar-refractivity contribution in [2.45, 2.75) is 50.5 Å². The second kappa shape index (κ2) is 9.46. The molecule has 4 rings (SSSR count). The summed E-state index contributed by atoms with van der Waals surface area (Å²) < 4.78 is 28.6. The third-order valence-electron chi connectivity index (χ3n) is 5.91. The van der Waals surface area contributed by atoms with Gasteiger partial charge in [0.1, 0.15) is 17.1 Å². The number of benzene rings is 2. The zero-order chi connectivity index (χ0) is 25.3. The molecule has 180 valence electrons. The van der Waals surface area contributed by atoms with E-state index in [9.17, 15) is 18.0 Å². The van der Waals surface area contributed by atoms with E-state index in [4.69, 9.17) is 0 Å². The zero-order valence-electron chi connectivity index (χ0n) is 20.1. The van der Waals surface area contributed by atoms with Crippen LogP contribution in [0.1, 0.15) is 29.3 Å². The predicted molar refractivity (Wildman–Crippen MR) is 137 cm³/mol. The van der Waals surface area contributed by atoms with E-state index in [0.29, 0.717) is 16.9 Å². The lowest BCUT2D eigenvalue weighted by Crippen LogP contribution is -2.24. The number of pyridine rings is 2. The monoisotopic (exact) mass is 489 g/mol. The normalized spacial score (nSPS) is 11.5. The van der Waals surface area contributed by atoms with Crippen LogP contribution in [-0.4, -0.2) is 23.9 Å². The smallest absolute Gasteiger partial charge is 0.244 e. The molecule has 0 fully saturated rings. The summed E-state index contributed by atoms with van der Waals surface area (Å²) in [6, 6.07) is 15.8. The average molecular weight is 490 g/mol. The third-order valence-corrected chi connectivity index (χ3v) is 7.80. The van der Waals surface area contributed by atoms with Gasteiger partial charge < -0.3 is 9.88 Å². The molecule has 0 bridgehead atoms. The van der Waals surface area contributed by atoms with Gasteiger partial charge in [-0.3, -0.25) is 9.59 Å². The Labute approximate surface area is 204 Å². The van der Waals surface area contributed by atoms with Crippen LogP contribution < -0.4 is 10.7 Å². The van der Waals surface area contributed by atoms with Crippen LogP contribution in [0.25, 0.3) is 11.0 Å². The molecule has 0 unspecified atom stereocenters. The van der Waals surface area contributed by atoms with Crippen molar-refractivity contribution in [3.8, 4) is 0 Å². The minimum Gasteiger partial charge on any atom is -0.325 e. The summed E-state index contributed by atoms with van der Waals surface area (Å²) in [7, 11) is -4.14. The number of anilines is 1. The molecule has 0 spiro atoms. The Morgan fingerprint density at radius 1 is 0.971 bits per heavy atom. The number of sulfone groups is 1. The molecule has 2 heterocycles. The van der Waals surface area contributed by atoms with E-state index in [-0.39, 0.29) is 33.3 Å². The standard InChI is InChI=1S/C27H27N3O4S/c1-5-20-9-11-21(12-10-20)29-25(31)16-30-15-24(26(32)22-13-8-19(4)28-27(22)30)35(33,34)23-14-17(2)6-7-18(23)3/h6-15H,5,16H2,1-4H3,(H,29,31). The second-order valence-electron chi connectivity index (χ2n) is 8.65. The highest BCUT2D eigenvalue weighted by Gasteiger charge is 2.26. The average Bonchev–Trinajstić information content (AvgIpc) is 2.82. The first-order valence-corrected chi connectivity index (χ1v) is 12.8. The van der Waals surface area contributed by atoms with Crippen molar-refractivity contribution in [3.63, 3.8) is 0 Å². The molecule has 0 aliphatic rings. The third kappa shape index (κ3) is 4.88. The van der Waals surface area contributed by atoms with Gasteiger partial charge in [-0.1, -0.05) is 31.2 Å². The molecule has 2 aromatic heterocycles. The fourth-order valence-corrected chi connectivity index (χ4v) is 5.63. The van der Waals surface area contributed by atoms with Crippen LogP contribution in [0.5, 0.6) is 0 Å². The van der Waals surface area contributed by atoms with Crippen LogP contribution in [0.3, 0.4) is 0 Å². The van der Waals surface area contributed by atoms with Crippen molar-refractivity contribution in [1.29, 1.82) is 0 Å². The molecule has 0 aliphatic carbocycles. The number of carbonyl (C=O) groups excluding carboxylic acids is 1. The summed E-state index contributed by atoms with van der Waals surface area (Å²) in [6.07, 6.45) is 2.12. The Balaban J connectivity index is 1.81. The number of carbonyl (C=O) groups is 1. The summed E-state index contributed by atoms with van der Waals surface area (Å²) in [5.74, 6) is -0.363. The van der Waals surface area contributed by atoms with Gasteiger partial charge in [0.25, 0.3) is 0 Å². The van der Waals surface area contributed by atoms with Crippen LogP contribution in [0.15, 0.2) is 75.4 Å². The lowest BCUT2D eigenvalue weighted by Gasteiger charge is -2.15. The van der Waals surface area contributed by atoms with E-state index in [2.05, 4.69) is 10.3 Å². The summed E-state index contributed by atoms with van der Waals surface area (Å²) >= 11 is 0. The first-order chi connectivity index (χ1) is 16.6. The lowest BCUT2D eigenvalue weighted by atomic mass is 10.1. The van der Waals surface area contributed by atoms with E-state index >= 15 is 0 Å². The van der Waals surface area contributed by atoms with Gasteiger partial charge in [-0.25, -0.2) is 13.4 Å². The van der Waals surface area contributed by atoms with Crippen molar-refractivity contribution in [1.82, 2.24) is 9.55 Å². The van der Waals surface area contributed by atoms with Crippen LogP contribution in [0.2, 0.25) is 0 Å². The van der Waals surface area contributed by atoms with Crippen LogP contribution in [-0.2, 0) is 27.6 Å². The molecule has 35 heavy (non-hydrogen) atoms. The minimum atomic E-state index is -4.14. The molecule has 4 aromatic rings. The summed E-state index contributed by atoms with van der Waals surface area (Å²) in [5.41, 5.74) is 3.34. The van der Waals surface area contributed by atoms with Gasteiger partial charge in [0.05, 0.1) is 10.3 Å². The van der Waals surface area contributed by atoms with E-state index in [1.807, 2.05) is 37.3 Å². The van der Waals surface area contributed by atoms with Crippen molar-refractivity contribution in [3.05, 3.63) is 93.4 Å². The highest BCUT2D eigenvalue weighted by atomic mass is 32.2. The van der Waals surface area contributed by atoms with E-state index < -0.39 is 15.3 Å². The number of rotatable bonds is 6. The Kier molecular flexibility index (Phi) is 6.58. The maximum absolute atomic E-state index is 13.6. The van der Waals surface area contributed by atoms with Gasteiger partial charge in [-0.05, 0) is 74.2 Å². The first kappa shape index (κ1) is 24.3. The van der Waals surface area contributed by atoms with Crippen molar-refractivity contribution < 1.29 is 13.2 Å². The lowest BCUT2D eigenvalue weighted by molar-refractivity contribution is -0.116. The molecule has 0 aliphatic heterocycles. The quantitative estimate of drug-likeness (QED) is 0.434. The van der Waals surface area contributed by atoms with Crippen molar-refractivity contribution in [2.24, 2.45) is 0 Å². The molecule has 1 amide bonds. The largest absolute Gasteiger partial charge is 0.325 e. The number of amides is 1. The molecule has 7 nitrogen and oxygen atoms in total. The van der Waals surface area contributed by atoms with E-state index in [1.165, 1.54) is 10.8 Å². The number of hydrogen-bond donors (Lipinski definition) is 1. The molecular weight excluding hydrogens is 462 g/mol. The van der Waals surface area contributed by atoms with Gasteiger partial charge in [0.15, 0.2) is 0 Å². The van der Waals surface area contributed by atoms with E-state index in [1.54, 1.807) is 45.0 Å². The molecule has 2 aromatic carbocycles. The summed E-state index contributed by atoms with van der Waals surface area (Å²) in [5, 5.41) is 2.97. The van der Waals surface area contributed by atoms with Gasteiger partial charge >= 0.3 is 0 Å². The Bertz CT molecular complexity index is 1600. The summed E-state index contributed by atoms with van der Waals surface area (Å²) in [4.78, 5) is 30.3. The molecule has 0 saturated heterocycles. The second-order valence-corrected chi connectivity index (χ2v) is 10.5. The van der Waals surface area contributed by atoms with Crippen LogP contribution in [0, 0.1) is 20.8 Å². The van der Waals surface area contributed by atoms with Crippen LogP contribution in [0.4, 0.5) is 5.69 Å². The number of nitrogens with one attached hydrogen (secondary N) is 1. The highest BCUT2D eigenvalue weighted by Crippen LogP contribution is 2.25. The molecule has 0 atom stereocenters. The SMILES string of the molecule is CCc1ccc(NC(=O)Cn2cc(S(=O)(=O)c3cc(C)ccc3C)c(=O)c3ccc(C)nc32)cc1. The topological polar surface area (TPSA) is 98.1 Å². The zero-order valence-corrected chi connectivity index (χ0v) is 20.9. The van der Waals surface area contributed by atoms with Gasteiger partial charge in [-0.2, -0.15) is 0 Å². The molecule has 8 heteroatoms. The highest BCUT2D eigenvalue weighted by molar-refractivity contribution is 7.91.